The first kappa shape index (κ1) is 10.3. The summed E-state index contributed by atoms with van der Waals surface area (Å²) in [6.45, 7) is 1.32. The van der Waals surface area contributed by atoms with E-state index in [0.717, 1.165) is 0 Å². The van der Waals surface area contributed by atoms with Gasteiger partial charge in [0.05, 0.1) is 5.70 Å². The molecule has 1 atom stereocenters. The molecule has 8 heteroatoms. The molecule has 0 spiro atoms. The molecule has 1 aliphatic heterocycles. The van der Waals surface area contributed by atoms with Crippen LogP contribution in [0.4, 0.5) is 0 Å². The van der Waals surface area contributed by atoms with Crippen LogP contribution in [0.15, 0.2) is 11.5 Å². The van der Waals surface area contributed by atoms with Crippen molar-refractivity contribution in [1.29, 1.82) is 0 Å². The van der Waals surface area contributed by atoms with Crippen molar-refractivity contribution in [2.24, 2.45) is 0 Å². The highest BCUT2D eigenvalue weighted by Gasteiger charge is 2.37. The number of amides is 1. The van der Waals surface area contributed by atoms with Gasteiger partial charge in [-0.2, -0.15) is 10.3 Å². The summed E-state index contributed by atoms with van der Waals surface area (Å²) >= 11 is 0. The minimum atomic E-state index is -1.57. The Kier molecular flexibility index (Phi) is 2.58. The number of hydrogen-bond donors (Lipinski definition) is 4. The first-order valence-electron chi connectivity index (χ1n) is 3.53. The van der Waals surface area contributed by atoms with Crippen molar-refractivity contribution in [3.8, 4) is 0 Å². The van der Waals surface area contributed by atoms with Crippen LogP contribution >= 0.6 is 0 Å². The number of carbonyl (C=O) groups is 2. The largest absolute Gasteiger partial charge is 0.502 e. The van der Waals surface area contributed by atoms with E-state index in [1.54, 1.807) is 0 Å². The van der Waals surface area contributed by atoms with Crippen LogP contribution in [0.3, 0.4) is 0 Å². The van der Waals surface area contributed by atoms with Crippen LogP contribution in [0.25, 0.3) is 0 Å². The molecule has 0 radical (unpaired) electrons. The third kappa shape index (κ3) is 1.47. The summed E-state index contributed by atoms with van der Waals surface area (Å²) < 4.78 is 0. The molecule has 1 amide bonds. The molecule has 0 fully saturated rings. The molecule has 1 heterocycles. The molecule has 4 N–H and O–H groups in total. The Morgan fingerprint density at radius 3 is 2.71 bits per heavy atom. The third-order valence-corrected chi connectivity index (χ3v) is 1.68. The van der Waals surface area contributed by atoms with Crippen LogP contribution in [-0.2, 0) is 14.5 Å². The van der Waals surface area contributed by atoms with Crippen molar-refractivity contribution in [1.82, 2.24) is 10.4 Å². The fourth-order valence-corrected chi connectivity index (χ4v) is 0.929. The monoisotopic (exact) mass is 204 g/mol. The predicted octanol–water partition coefficient (Wildman–Crippen LogP) is -1.06. The molecule has 1 rings (SSSR count). The molecule has 1 unspecified atom stereocenters. The predicted molar refractivity (Wildman–Crippen MR) is 39.6 cm³/mol. The van der Waals surface area contributed by atoms with E-state index >= 15 is 0 Å². The Morgan fingerprint density at radius 2 is 2.21 bits per heavy atom. The van der Waals surface area contributed by atoms with Crippen molar-refractivity contribution in [2.45, 2.75) is 13.1 Å². The van der Waals surface area contributed by atoms with E-state index in [0.29, 0.717) is 0 Å². The highest BCUT2D eigenvalue weighted by Crippen LogP contribution is 2.12. The Labute approximate surface area is 77.9 Å². The summed E-state index contributed by atoms with van der Waals surface area (Å²) in [6.07, 6.45) is -1.57. The maximum absolute atomic E-state index is 11.0. The van der Waals surface area contributed by atoms with Crippen molar-refractivity contribution in [3.63, 3.8) is 0 Å². The Morgan fingerprint density at radius 1 is 1.64 bits per heavy atom. The fraction of sp³-hybridized carbons (Fsp3) is 0.333. The van der Waals surface area contributed by atoms with Gasteiger partial charge in [-0.1, -0.05) is 0 Å². The number of carbonyl (C=O) groups excluding carboxylic acids is 2. The van der Waals surface area contributed by atoms with Crippen molar-refractivity contribution >= 4 is 11.9 Å². The molecule has 0 aliphatic carbocycles. The number of rotatable bonds is 1. The summed E-state index contributed by atoms with van der Waals surface area (Å²) in [7, 11) is 0. The van der Waals surface area contributed by atoms with Gasteiger partial charge in [0.15, 0.2) is 0 Å². The molecule has 78 valence electrons. The van der Waals surface area contributed by atoms with Crippen molar-refractivity contribution in [3.05, 3.63) is 11.5 Å². The number of nitrogens with one attached hydrogen (secondary N) is 1. The average Bonchev–Trinajstić information content (AvgIpc) is 2.19. The van der Waals surface area contributed by atoms with E-state index in [1.165, 1.54) is 6.92 Å². The molecular formula is C6H8N2O6. The lowest BCUT2D eigenvalue weighted by Gasteiger charge is -2.29. The van der Waals surface area contributed by atoms with Crippen LogP contribution in [0, 0.1) is 0 Å². The van der Waals surface area contributed by atoms with Gasteiger partial charge < -0.3 is 10.4 Å². The van der Waals surface area contributed by atoms with Gasteiger partial charge in [-0.05, 0) is 6.92 Å². The molecule has 0 bridgehead atoms. The van der Waals surface area contributed by atoms with Gasteiger partial charge in [-0.3, -0.25) is 14.9 Å². The summed E-state index contributed by atoms with van der Waals surface area (Å²) in [5, 5.41) is 28.3. The number of allylic oxidation sites excluding steroid dienone is 1. The lowest BCUT2D eigenvalue weighted by molar-refractivity contribution is -0.251. The number of aliphatic hydroxyl groups excluding tert-OH is 1. The lowest BCUT2D eigenvalue weighted by atomic mass is 10.2. The van der Waals surface area contributed by atoms with Crippen LogP contribution in [0.1, 0.15) is 6.92 Å². The number of aliphatic hydroxyl groups is 1. The van der Waals surface area contributed by atoms with Crippen LogP contribution in [-0.4, -0.2) is 38.7 Å². The Balaban J connectivity index is 2.96. The molecule has 0 saturated heterocycles. The third-order valence-electron chi connectivity index (χ3n) is 1.68. The maximum Gasteiger partial charge on any atom is 0.386 e. The second-order valence-corrected chi connectivity index (χ2v) is 2.58. The molecule has 0 aromatic rings. The summed E-state index contributed by atoms with van der Waals surface area (Å²) in [5.74, 6) is -3.14. The highest BCUT2D eigenvalue weighted by atomic mass is 17.1. The zero-order chi connectivity index (χ0) is 10.9. The van der Waals surface area contributed by atoms with Crippen LogP contribution in [0.5, 0.6) is 0 Å². The Bertz CT molecular complexity index is 311. The van der Waals surface area contributed by atoms with Gasteiger partial charge in [0.25, 0.3) is 0 Å². The standard InChI is InChI=1S/C6H8N2O6/c1-2-3(9)5(10)8(12)4(7-2)6(11)14-13/h4,7,9,12-13H,1H3. The zero-order valence-electron chi connectivity index (χ0n) is 7.09. The minimum absolute atomic E-state index is 0.00398. The minimum Gasteiger partial charge on any atom is -0.502 e. The van der Waals surface area contributed by atoms with Crippen LogP contribution < -0.4 is 5.32 Å². The molecule has 0 saturated carbocycles. The van der Waals surface area contributed by atoms with Gasteiger partial charge >= 0.3 is 11.9 Å². The second-order valence-electron chi connectivity index (χ2n) is 2.58. The highest BCUT2D eigenvalue weighted by molar-refractivity contribution is 5.95. The fourth-order valence-electron chi connectivity index (χ4n) is 0.929. The lowest BCUT2D eigenvalue weighted by Crippen LogP contribution is -2.55. The molecule has 8 nitrogen and oxygen atoms in total. The van der Waals surface area contributed by atoms with Crippen molar-refractivity contribution < 1.29 is 30.0 Å². The normalized spacial score (nSPS) is 22.1. The van der Waals surface area contributed by atoms with Gasteiger partial charge in [-0.15, -0.1) is 0 Å². The second kappa shape index (κ2) is 3.52. The van der Waals surface area contributed by atoms with Gasteiger partial charge in [0.1, 0.15) is 0 Å². The molecule has 0 aromatic carbocycles. The smallest absolute Gasteiger partial charge is 0.386 e. The molecule has 14 heavy (non-hydrogen) atoms. The summed E-state index contributed by atoms with van der Waals surface area (Å²) in [6, 6.07) is 0. The van der Waals surface area contributed by atoms with E-state index < -0.39 is 23.8 Å². The summed E-state index contributed by atoms with van der Waals surface area (Å²) in [5.41, 5.74) is -0.00398. The van der Waals surface area contributed by atoms with Gasteiger partial charge in [0.2, 0.25) is 11.9 Å². The number of hydroxylamine groups is 2. The van der Waals surface area contributed by atoms with E-state index in [2.05, 4.69) is 10.2 Å². The topological polar surface area (TPSA) is 119 Å². The molecular weight excluding hydrogens is 196 g/mol. The van der Waals surface area contributed by atoms with Crippen molar-refractivity contribution in [2.75, 3.05) is 0 Å². The quantitative estimate of drug-likeness (QED) is 0.244. The summed E-state index contributed by atoms with van der Waals surface area (Å²) in [4.78, 5) is 25.1. The first-order chi connectivity index (χ1) is 6.49. The zero-order valence-corrected chi connectivity index (χ0v) is 7.09. The number of nitrogens with zero attached hydrogens (tertiary/aromatic N) is 1. The molecule has 0 aromatic heterocycles. The van der Waals surface area contributed by atoms with Gasteiger partial charge in [0, 0.05) is 0 Å². The average molecular weight is 204 g/mol. The first-order valence-corrected chi connectivity index (χ1v) is 3.53. The van der Waals surface area contributed by atoms with E-state index in [-0.39, 0.29) is 10.8 Å². The van der Waals surface area contributed by atoms with E-state index in [9.17, 15) is 9.59 Å². The molecule has 1 aliphatic rings. The number of hydrogen-bond acceptors (Lipinski definition) is 7. The maximum atomic E-state index is 11.0. The Hall–Kier alpha value is -1.80. The van der Waals surface area contributed by atoms with E-state index in [4.69, 9.17) is 15.6 Å². The van der Waals surface area contributed by atoms with Crippen LogP contribution in [0.2, 0.25) is 0 Å². The van der Waals surface area contributed by atoms with E-state index in [1.807, 2.05) is 0 Å². The van der Waals surface area contributed by atoms with Gasteiger partial charge in [-0.25, -0.2) is 4.79 Å². The SMILES string of the molecule is CC1=C(O)C(=O)N(O)C(C(=O)OO)N1.